The first-order valence-corrected chi connectivity index (χ1v) is 5.88. The summed E-state index contributed by atoms with van der Waals surface area (Å²) in [5.74, 6) is -2.58. The molecule has 0 atom stereocenters. The molecule has 2 rings (SSSR count). The van der Waals surface area contributed by atoms with Crippen LogP contribution in [0.15, 0.2) is 0 Å². The molecule has 1 aromatic rings. The molecule has 0 bridgehead atoms. The molecule has 1 aliphatic heterocycles. The summed E-state index contributed by atoms with van der Waals surface area (Å²) in [5.41, 5.74) is 0.641. The Hall–Kier alpha value is -1.04. The van der Waals surface area contributed by atoms with E-state index >= 15 is 0 Å². The van der Waals surface area contributed by atoms with Crippen LogP contribution >= 0.6 is 11.3 Å². The third-order valence-electron chi connectivity index (χ3n) is 2.47. The summed E-state index contributed by atoms with van der Waals surface area (Å²) in [5, 5.41) is 0.528. The van der Waals surface area contributed by atoms with Crippen LogP contribution in [0.4, 0.5) is 13.9 Å². The van der Waals surface area contributed by atoms with Crippen LogP contribution in [-0.2, 0) is 0 Å². The van der Waals surface area contributed by atoms with Crippen LogP contribution in [0.1, 0.15) is 28.7 Å². The molecule has 3 nitrogen and oxygen atoms in total. The smallest absolute Gasteiger partial charge is 0.282 e. The summed E-state index contributed by atoms with van der Waals surface area (Å²) in [6.07, 6.45) is 0.415. The Morgan fingerprint density at radius 2 is 2.19 bits per heavy atom. The first-order valence-electron chi connectivity index (χ1n) is 5.06. The molecule has 0 aliphatic carbocycles. The summed E-state index contributed by atoms with van der Waals surface area (Å²) in [6.45, 7) is 2.93. The number of anilines is 1. The van der Waals surface area contributed by atoms with Gasteiger partial charge >= 0.3 is 0 Å². The first-order chi connectivity index (χ1) is 7.43. The number of ketones is 1. The number of halogens is 2. The largest absolute Gasteiger partial charge is 0.336 e. The van der Waals surface area contributed by atoms with Crippen molar-refractivity contribution in [1.82, 2.24) is 4.98 Å². The number of carbonyl (C=O) groups is 1. The fourth-order valence-electron chi connectivity index (χ4n) is 1.58. The molecule has 0 N–H and O–H groups in total. The van der Waals surface area contributed by atoms with Gasteiger partial charge in [0.15, 0.2) is 10.9 Å². The minimum Gasteiger partial charge on any atom is -0.336 e. The van der Waals surface area contributed by atoms with Crippen molar-refractivity contribution in [3.8, 4) is 0 Å². The van der Waals surface area contributed by atoms with Crippen LogP contribution in [0.5, 0.6) is 0 Å². The lowest BCUT2D eigenvalue weighted by molar-refractivity contribution is -0.0262. The van der Waals surface area contributed by atoms with E-state index in [0.29, 0.717) is 22.1 Å². The molecule has 1 aliphatic rings. The predicted octanol–water partition coefficient (Wildman–Crippen LogP) is 2.50. The molecule has 0 aromatic carbocycles. The normalized spacial score (nSPS) is 18.4. The highest BCUT2D eigenvalue weighted by Gasteiger charge is 2.45. The monoisotopic (exact) mass is 246 g/mol. The van der Waals surface area contributed by atoms with Crippen molar-refractivity contribution < 1.29 is 13.6 Å². The second kappa shape index (κ2) is 3.76. The molecule has 0 saturated carbocycles. The van der Waals surface area contributed by atoms with Gasteiger partial charge in [0.2, 0.25) is 0 Å². The highest BCUT2D eigenvalue weighted by molar-refractivity contribution is 7.17. The number of aryl methyl sites for hydroxylation is 1. The Morgan fingerprint density at radius 1 is 1.56 bits per heavy atom. The summed E-state index contributed by atoms with van der Waals surface area (Å²) in [7, 11) is 0. The van der Waals surface area contributed by atoms with Gasteiger partial charge in [0.05, 0.1) is 23.7 Å². The quantitative estimate of drug-likeness (QED) is 0.768. The van der Waals surface area contributed by atoms with E-state index in [1.807, 2.05) is 0 Å². The Bertz CT molecular complexity index is 422. The number of nitrogens with zero attached hydrogens (tertiary/aromatic N) is 2. The number of aromatic nitrogens is 1. The van der Waals surface area contributed by atoms with Gasteiger partial charge in [-0.05, 0) is 6.92 Å². The number of thiazole rings is 1. The third kappa shape index (κ3) is 1.93. The Labute approximate surface area is 96.1 Å². The number of carbonyl (C=O) groups excluding carboxylic acids is 1. The molecular formula is C10H12F2N2OS. The molecule has 6 heteroatoms. The van der Waals surface area contributed by atoms with Gasteiger partial charge in [-0.2, -0.15) is 0 Å². The van der Waals surface area contributed by atoms with Crippen molar-refractivity contribution in [1.29, 1.82) is 0 Å². The summed E-state index contributed by atoms with van der Waals surface area (Å²) >= 11 is 1.21. The number of Topliss-reactive ketones (excluding diaryl/α,β-unsaturated/α-hetero) is 1. The van der Waals surface area contributed by atoms with Crippen molar-refractivity contribution >= 4 is 22.3 Å². The Kier molecular flexibility index (Phi) is 2.69. The average Bonchev–Trinajstić information content (AvgIpc) is 2.55. The molecule has 1 saturated heterocycles. The minimum absolute atomic E-state index is 0.0218. The van der Waals surface area contributed by atoms with Gasteiger partial charge in [-0.1, -0.05) is 18.3 Å². The van der Waals surface area contributed by atoms with Crippen molar-refractivity contribution in [2.24, 2.45) is 0 Å². The molecular weight excluding hydrogens is 234 g/mol. The zero-order valence-electron chi connectivity index (χ0n) is 9.09. The lowest BCUT2D eigenvalue weighted by Crippen LogP contribution is -2.56. The molecule has 1 aromatic heterocycles. The van der Waals surface area contributed by atoms with E-state index in [2.05, 4.69) is 4.98 Å². The standard InChI is InChI=1S/C10H12F2N2OS/c1-3-7(15)8-6(2)13-9(16-8)14-4-10(11,12)5-14/h3-5H2,1-2H3. The van der Waals surface area contributed by atoms with E-state index in [1.165, 1.54) is 16.2 Å². The molecule has 88 valence electrons. The lowest BCUT2D eigenvalue weighted by atomic mass is 10.2. The van der Waals surface area contributed by atoms with E-state index in [1.54, 1.807) is 13.8 Å². The second-order valence-electron chi connectivity index (χ2n) is 3.90. The highest BCUT2D eigenvalue weighted by atomic mass is 32.1. The van der Waals surface area contributed by atoms with Gasteiger partial charge in [-0.25, -0.2) is 13.8 Å². The van der Waals surface area contributed by atoms with Crippen molar-refractivity contribution in [2.45, 2.75) is 26.2 Å². The molecule has 0 unspecified atom stereocenters. The van der Waals surface area contributed by atoms with Gasteiger partial charge in [-0.3, -0.25) is 4.79 Å². The number of hydrogen-bond donors (Lipinski definition) is 0. The van der Waals surface area contributed by atoms with Crippen LogP contribution in [0.3, 0.4) is 0 Å². The maximum atomic E-state index is 12.7. The van der Waals surface area contributed by atoms with E-state index in [9.17, 15) is 13.6 Å². The summed E-state index contributed by atoms with van der Waals surface area (Å²) < 4.78 is 25.3. The third-order valence-corrected chi connectivity index (χ3v) is 3.73. The van der Waals surface area contributed by atoms with Crippen LogP contribution in [-0.4, -0.2) is 29.8 Å². The zero-order valence-corrected chi connectivity index (χ0v) is 9.90. The average molecular weight is 246 g/mol. The van der Waals surface area contributed by atoms with E-state index in [-0.39, 0.29) is 18.9 Å². The molecule has 16 heavy (non-hydrogen) atoms. The van der Waals surface area contributed by atoms with E-state index < -0.39 is 5.92 Å². The topological polar surface area (TPSA) is 33.2 Å². The fraction of sp³-hybridized carbons (Fsp3) is 0.600. The highest BCUT2D eigenvalue weighted by Crippen LogP contribution is 2.35. The number of hydrogen-bond acceptors (Lipinski definition) is 4. The number of rotatable bonds is 3. The zero-order chi connectivity index (χ0) is 11.9. The van der Waals surface area contributed by atoms with E-state index in [4.69, 9.17) is 0 Å². The van der Waals surface area contributed by atoms with Crippen LogP contribution in [0.25, 0.3) is 0 Å². The van der Waals surface area contributed by atoms with Crippen molar-refractivity contribution in [3.63, 3.8) is 0 Å². The van der Waals surface area contributed by atoms with Gasteiger partial charge in [0.25, 0.3) is 5.92 Å². The SMILES string of the molecule is CCC(=O)c1sc(N2CC(F)(F)C2)nc1C. The van der Waals surface area contributed by atoms with Crippen molar-refractivity contribution in [3.05, 3.63) is 10.6 Å². The van der Waals surface area contributed by atoms with E-state index in [0.717, 1.165) is 0 Å². The van der Waals surface area contributed by atoms with Gasteiger partial charge in [-0.15, -0.1) is 0 Å². The molecule has 0 radical (unpaired) electrons. The van der Waals surface area contributed by atoms with Crippen LogP contribution in [0, 0.1) is 6.92 Å². The predicted molar refractivity (Wildman–Crippen MR) is 58.6 cm³/mol. The molecule has 0 spiro atoms. The van der Waals surface area contributed by atoms with Gasteiger partial charge in [0, 0.05) is 6.42 Å². The fourth-order valence-corrected chi connectivity index (χ4v) is 2.66. The Morgan fingerprint density at radius 3 is 2.69 bits per heavy atom. The maximum absolute atomic E-state index is 12.7. The van der Waals surface area contributed by atoms with Crippen molar-refractivity contribution in [2.75, 3.05) is 18.0 Å². The molecule has 2 heterocycles. The lowest BCUT2D eigenvalue weighted by Gasteiger charge is -2.38. The maximum Gasteiger partial charge on any atom is 0.282 e. The number of alkyl halides is 2. The van der Waals surface area contributed by atoms with Crippen LogP contribution in [0.2, 0.25) is 0 Å². The van der Waals surface area contributed by atoms with Gasteiger partial charge in [0.1, 0.15) is 0 Å². The first kappa shape index (κ1) is 11.4. The molecule has 1 fully saturated rings. The van der Waals surface area contributed by atoms with Crippen LogP contribution < -0.4 is 4.90 Å². The molecule has 0 amide bonds. The second-order valence-corrected chi connectivity index (χ2v) is 4.88. The summed E-state index contributed by atoms with van der Waals surface area (Å²) in [6, 6.07) is 0. The minimum atomic E-state index is -2.60. The van der Waals surface area contributed by atoms with Gasteiger partial charge < -0.3 is 4.90 Å². The Balaban J connectivity index is 2.16. The summed E-state index contributed by atoms with van der Waals surface area (Å²) in [4.78, 5) is 17.8.